The minimum Gasteiger partial charge on any atom is -0.392 e. The van der Waals surface area contributed by atoms with E-state index >= 15 is 0 Å². The summed E-state index contributed by atoms with van der Waals surface area (Å²) in [5, 5.41) is 9.60. The Kier molecular flexibility index (Phi) is 3.53. The largest absolute Gasteiger partial charge is 0.392 e. The zero-order valence-electron chi connectivity index (χ0n) is 8.45. The summed E-state index contributed by atoms with van der Waals surface area (Å²) < 4.78 is 0. The molecule has 2 atom stereocenters. The van der Waals surface area contributed by atoms with E-state index in [2.05, 4.69) is 18.7 Å². The van der Waals surface area contributed by atoms with Gasteiger partial charge in [0.25, 0.3) is 0 Å². The summed E-state index contributed by atoms with van der Waals surface area (Å²) in [6, 6.07) is 0.368. The maximum absolute atomic E-state index is 9.60. The molecule has 0 aromatic heterocycles. The second kappa shape index (κ2) is 4.24. The van der Waals surface area contributed by atoms with Gasteiger partial charge in [0.15, 0.2) is 0 Å². The van der Waals surface area contributed by atoms with E-state index in [1.54, 1.807) is 0 Å². The van der Waals surface area contributed by atoms with Gasteiger partial charge >= 0.3 is 0 Å². The number of hydrogen-bond acceptors (Lipinski definition) is 2. The lowest BCUT2D eigenvalue weighted by atomic mass is 9.98. The van der Waals surface area contributed by atoms with E-state index < -0.39 is 0 Å². The van der Waals surface area contributed by atoms with E-state index in [9.17, 15) is 5.11 Å². The van der Waals surface area contributed by atoms with Crippen molar-refractivity contribution in [2.45, 2.75) is 45.8 Å². The molecule has 0 aromatic rings. The highest BCUT2D eigenvalue weighted by Crippen LogP contribution is 2.20. The van der Waals surface area contributed by atoms with Gasteiger partial charge in [0.05, 0.1) is 6.10 Å². The Bertz CT molecular complexity index is 120. The number of aliphatic hydroxyl groups excluding tert-OH is 1. The SMILES string of the molecule is CC(C)C(C(C)O)N1CCCC1. The van der Waals surface area contributed by atoms with E-state index in [0.29, 0.717) is 12.0 Å². The number of hydrogen-bond donors (Lipinski definition) is 1. The quantitative estimate of drug-likeness (QED) is 0.695. The molecule has 1 heterocycles. The normalized spacial score (nSPS) is 24.8. The Labute approximate surface area is 75.6 Å². The molecule has 1 aliphatic heterocycles. The van der Waals surface area contributed by atoms with Gasteiger partial charge in [-0.1, -0.05) is 13.8 Å². The Morgan fingerprint density at radius 2 is 1.58 bits per heavy atom. The van der Waals surface area contributed by atoms with Crippen molar-refractivity contribution in [1.29, 1.82) is 0 Å². The Balaban J connectivity index is 2.52. The average molecular weight is 171 g/mol. The van der Waals surface area contributed by atoms with Crippen molar-refractivity contribution in [3.63, 3.8) is 0 Å². The van der Waals surface area contributed by atoms with Crippen molar-refractivity contribution in [3.8, 4) is 0 Å². The van der Waals surface area contributed by atoms with Crippen molar-refractivity contribution < 1.29 is 5.11 Å². The van der Waals surface area contributed by atoms with E-state index in [1.165, 1.54) is 25.9 Å². The van der Waals surface area contributed by atoms with Crippen LogP contribution in [0.2, 0.25) is 0 Å². The smallest absolute Gasteiger partial charge is 0.0669 e. The van der Waals surface area contributed by atoms with Gasteiger partial charge in [0.2, 0.25) is 0 Å². The number of aliphatic hydroxyl groups is 1. The molecule has 0 radical (unpaired) electrons. The molecule has 2 unspecified atom stereocenters. The third kappa shape index (κ3) is 2.20. The fraction of sp³-hybridized carbons (Fsp3) is 1.00. The molecule has 0 bridgehead atoms. The number of likely N-dealkylation sites (tertiary alicyclic amines) is 1. The summed E-state index contributed by atoms with van der Waals surface area (Å²) in [7, 11) is 0. The molecule has 0 aliphatic carbocycles. The van der Waals surface area contributed by atoms with Gasteiger partial charge in [-0.3, -0.25) is 4.90 Å². The fourth-order valence-electron chi connectivity index (χ4n) is 2.32. The molecule has 0 spiro atoms. The van der Waals surface area contributed by atoms with Crippen molar-refractivity contribution in [3.05, 3.63) is 0 Å². The van der Waals surface area contributed by atoms with E-state index in [0.717, 1.165) is 0 Å². The standard InChI is InChI=1S/C10H21NO/c1-8(2)10(9(3)12)11-6-4-5-7-11/h8-10,12H,4-7H2,1-3H3. The fourth-order valence-corrected chi connectivity index (χ4v) is 2.32. The van der Waals surface area contributed by atoms with Crippen LogP contribution >= 0.6 is 0 Å². The van der Waals surface area contributed by atoms with Crippen LogP contribution in [-0.4, -0.2) is 35.2 Å². The van der Waals surface area contributed by atoms with Gasteiger partial charge in [-0.05, 0) is 38.8 Å². The monoisotopic (exact) mass is 171 g/mol. The van der Waals surface area contributed by atoms with Crippen molar-refractivity contribution in [1.82, 2.24) is 4.90 Å². The van der Waals surface area contributed by atoms with Crippen LogP contribution in [0.3, 0.4) is 0 Å². The lowest BCUT2D eigenvalue weighted by Gasteiger charge is -2.33. The van der Waals surface area contributed by atoms with Crippen LogP contribution < -0.4 is 0 Å². The first kappa shape index (κ1) is 10.0. The first-order valence-electron chi connectivity index (χ1n) is 5.05. The minimum absolute atomic E-state index is 0.192. The summed E-state index contributed by atoms with van der Waals surface area (Å²) in [5.41, 5.74) is 0. The summed E-state index contributed by atoms with van der Waals surface area (Å²) in [4.78, 5) is 2.43. The van der Waals surface area contributed by atoms with Crippen molar-refractivity contribution in [2.24, 2.45) is 5.92 Å². The summed E-state index contributed by atoms with van der Waals surface area (Å²) in [6.45, 7) is 8.63. The second-order valence-corrected chi connectivity index (χ2v) is 4.22. The molecule has 0 saturated carbocycles. The minimum atomic E-state index is -0.192. The summed E-state index contributed by atoms with van der Waals surface area (Å²) >= 11 is 0. The maximum Gasteiger partial charge on any atom is 0.0669 e. The Morgan fingerprint density at radius 1 is 1.08 bits per heavy atom. The van der Waals surface area contributed by atoms with Gasteiger partial charge in [0.1, 0.15) is 0 Å². The van der Waals surface area contributed by atoms with Crippen LogP contribution in [0.15, 0.2) is 0 Å². The van der Waals surface area contributed by atoms with Crippen LogP contribution in [0.4, 0.5) is 0 Å². The van der Waals surface area contributed by atoms with E-state index in [1.807, 2.05) is 6.92 Å². The molecule has 0 amide bonds. The Morgan fingerprint density at radius 3 is 1.92 bits per heavy atom. The maximum atomic E-state index is 9.60. The summed E-state index contributed by atoms with van der Waals surface area (Å²) in [5.74, 6) is 0.558. The van der Waals surface area contributed by atoms with Crippen LogP contribution in [0.25, 0.3) is 0 Å². The van der Waals surface area contributed by atoms with E-state index in [-0.39, 0.29) is 6.10 Å². The third-order valence-corrected chi connectivity index (χ3v) is 2.74. The first-order chi connectivity index (χ1) is 5.63. The molecular formula is C10H21NO. The molecule has 2 nitrogen and oxygen atoms in total. The Hall–Kier alpha value is -0.0800. The second-order valence-electron chi connectivity index (χ2n) is 4.22. The predicted octanol–water partition coefficient (Wildman–Crippen LogP) is 1.49. The number of rotatable bonds is 3. The lowest BCUT2D eigenvalue weighted by molar-refractivity contribution is 0.0482. The molecule has 1 fully saturated rings. The molecule has 2 heteroatoms. The topological polar surface area (TPSA) is 23.5 Å². The predicted molar refractivity (Wildman–Crippen MR) is 51.1 cm³/mol. The van der Waals surface area contributed by atoms with Gasteiger partial charge in [-0.2, -0.15) is 0 Å². The van der Waals surface area contributed by atoms with E-state index in [4.69, 9.17) is 0 Å². The van der Waals surface area contributed by atoms with Crippen LogP contribution in [0, 0.1) is 5.92 Å². The van der Waals surface area contributed by atoms with Crippen LogP contribution in [-0.2, 0) is 0 Å². The molecule has 1 N–H and O–H groups in total. The molecule has 1 saturated heterocycles. The van der Waals surface area contributed by atoms with Crippen LogP contribution in [0.1, 0.15) is 33.6 Å². The third-order valence-electron chi connectivity index (χ3n) is 2.74. The van der Waals surface area contributed by atoms with Crippen molar-refractivity contribution in [2.75, 3.05) is 13.1 Å². The average Bonchev–Trinajstić information content (AvgIpc) is 2.37. The van der Waals surface area contributed by atoms with Crippen LogP contribution in [0.5, 0.6) is 0 Å². The molecular weight excluding hydrogens is 150 g/mol. The molecule has 12 heavy (non-hydrogen) atoms. The highest BCUT2D eigenvalue weighted by atomic mass is 16.3. The zero-order valence-corrected chi connectivity index (χ0v) is 8.45. The highest BCUT2D eigenvalue weighted by molar-refractivity contribution is 4.82. The first-order valence-corrected chi connectivity index (χ1v) is 5.05. The lowest BCUT2D eigenvalue weighted by Crippen LogP contribution is -2.44. The van der Waals surface area contributed by atoms with Gasteiger partial charge in [0, 0.05) is 6.04 Å². The zero-order chi connectivity index (χ0) is 9.14. The molecule has 1 rings (SSSR count). The van der Waals surface area contributed by atoms with Gasteiger partial charge < -0.3 is 5.11 Å². The number of nitrogens with zero attached hydrogens (tertiary/aromatic N) is 1. The van der Waals surface area contributed by atoms with Gasteiger partial charge in [-0.25, -0.2) is 0 Å². The highest BCUT2D eigenvalue weighted by Gasteiger charge is 2.27. The van der Waals surface area contributed by atoms with Crippen molar-refractivity contribution >= 4 is 0 Å². The molecule has 72 valence electrons. The molecule has 1 aliphatic rings. The van der Waals surface area contributed by atoms with Gasteiger partial charge in [-0.15, -0.1) is 0 Å². The molecule has 0 aromatic carbocycles. The summed E-state index contributed by atoms with van der Waals surface area (Å²) in [6.07, 6.45) is 2.41.